The average molecular weight is 594 g/mol. The van der Waals surface area contributed by atoms with Gasteiger partial charge in [-0.05, 0) is 80.5 Å². The van der Waals surface area contributed by atoms with Crippen molar-refractivity contribution in [1.82, 2.24) is 0 Å². The average Bonchev–Trinajstić information content (AvgIpc) is 3.64. The Morgan fingerprint density at radius 3 is 2.67 bits per heavy atom. The van der Waals surface area contributed by atoms with Gasteiger partial charge in [0.15, 0.2) is 29.1 Å². The Labute approximate surface area is 248 Å². The number of rotatable bonds is 5. The highest BCUT2D eigenvalue weighted by molar-refractivity contribution is 7.12. The Morgan fingerprint density at radius 1 is 1.17 bits per heavy atom. The fourth-order valence-corrected chi connectivity index (χ4v) is 10.2. The molecule has 7 nitrogen and oxygen atoms in total. The van der Waals surface area contributed by atoms with Crippen molar-refractivity contribution >= 4 is 28.6 Å². The van der Waals surface area contributed by atoms with E-state index < -0.39 is 58.9 Å². The lowest BCUT2D eigenvalue weighted by Gasteiger charge is -2.62. The minimum atomic E-state index is -2.02. The van der Waals surface area contributed by atoms with Crippen molar-refractivity contribution in [1.29, 1.82) is 0 Å². The van der Waals surface area contributed by atoms with E-state index in [4.69, 9.17) is 15.2 Å². The summed E-state index contributed by atoms with van der Waals surface area (Å²) in [5, 5.41) is 21.9. The first-order valence-corrected chi connectivity index (χ1v) is 15.5. The van der Waals surface area contributed by atoms with Crippen LogP contribution in [0.4, 0.5) is 10.1 Å². The number of ketones is 2. The van der Waals surface area contributed by atoms with Gasteiger partial charge >= 0.3 is 0 Å². The second-order valence-corrected chi connectivity index (χ2v) is 14.3. The summed E-state index contributed by atoms with van der Waals surface area (Å²) < 4.78 is 30.6. The third kappa shape index (κ3) is 3.57. The first-order chi connectivity index (χ1) is 20.0. The molecule has 1 aromatic heterocycles. The number of aliphatic hydroxyl groups excluding tert-OH is 2. The molecular weight excluding hydrogens is 557 g/mol. The van der Waals surface area contributed by atoms with E-state index in [0.717, 1.165) is 15.3 Å². The predicted octanol–water partition coefficient (Wildman–Crippen LogP) is 4.62. The Hall–Kier alpha value is -2.69. The first-order valence-electron chi connectivity index (χ1n) is 14.7. The van der Waals surface area contributed by atoms with E-state index >= 15 is 4.39 Å². The Kier molecular flexibility index (Phi) is 6.29. The van der Waals surface area contributed by atoms with Crippen molar-refractivity contribution in [2.24, 2.45) is 22.7 Å². The number of fused-ring (bicyclic) bond motifs is 7. The molecule has 42 heavy (non-hydrogen) atoms. The largest absolute Gasteiger partial charge is 0.399 e. The number of anilines is 1. The van der Waals surface area contributed by atoms with Crippen molar-refractivity contribution in [3.05, 3.63) is 75.5 Å². The van der Waals surface area contributed by atoms with Crippen molar-refractivity contribution in [2.75, 3.05) is 12.3 Å². The SMILES string of the molecule is C[C@]12C=CC(=O)C=C1CC[C@H]1[C@@H]3C[C@H]4O[C@@H](c5ccc(Cc6ccc(N)cc6)s5)O[C@@]4(C(=O)CO)[C@@]3(C)C[C@H](O)[C@@]12F. The smallest absolute Gasteiger partial charge is 0.194 e. The molecule has 9 heteroatoms. The number of nitrogens with two attached hydrogens (primary N) is 1. The van der Waals surface area contributed by atoms with Crippen molar-refractivity contribution in [2.45, 2.75) is 75.7 Å². The molecule has 2 heterocycles. The number of carbonyl (C=O) groups is 2. The van der Waals surface area contributed by atoms with Gasteiger partial charge in [0.2, 0.25) is 0 Å². The fraction of sp³-hybridized carbons (Fsp3) is 0.515. The number of allylic oxidation sites excluding steroid dienone is 4. The highest BCUT2D eigenvalue weighted by atomic mass is 32.1. The molecule has 7 rings (SSSR count). The monoisotopic (exact) mass is 593 g/mol. The van der Waals surface area contributed by atoms with Gasteiger partial charge in [-0.25, -0.2) is 4.39 Å². The van der Waals surface area contributed by atoms with Gasteiger partial charge in [-0.1, -0.05) is 30.7 Å². The van der Waals surface area contributed by atoms with Crippen LogP contribution in [0.3, 0.4) is 0 Å². The van der Waals surface area contributed by atoms with Gasteiger partial charge in [0.25, 0.3) is 0 Å². The van der Waals surface area contributed by atoms with E-state index in [1.165, 1.54) is 23.5 Å². The van der Waals surface area contributed by atoms with Gasteiger partial charge in [0.1, 0.15) is 6.61 Å². The molecule has 3 saturated carbocycles. The van der Waals surface area contributed by atoms with Crippen LogP contribution in [0.2, 0.25) is 0 Å². The number of halogens is 1. The molecule has 0 amide bonds. The zero-order chi connectivity index (χ0) is 29.7. The Morgan fingerprint density at radius 2 is 1.93 bits per heavy atom. The van der Waals surface area contributed by atoms with Crippen LogP contribution in [0.15, 0.2) is 60.2 Å². The third-order valence-corrected chi connectivity index (χ3v) is 12.3. The van der Waals surface area contributed by atoms with E-state index in [9.17, 15) is 19.8 Å². The number of nitrogen functional groups attached to an aromatic ring is 1. The number of Topliss-reactive ketones (excluding diaryl/α,β-unsaturated/α-hetero) is 1. The molecule has 0 unspecified atom stereocenters. The van der Waals surface area contributed by atoms with Gasteiger partial charge in [0, 0.05) is 33.7 Å². The van der Waals surface area contributed by atoms with Gasteiger partial charge in [-0.3, -0.25) is 9.59 Å². The molecule has 222 valence electrons. The number of thiophene rings is 1. The van der Waals surface area contributed by atoms with Crippen LogP contribution in [0, 0.1) is 22.7 Å². The zero-order valence-corrected chi connectivity index (χ0v) is 24.5. The van der Waals surface area contributed by atoms with E-state index in [1.807, 2.05) is 43.3 Å². The van der Waals surface area contributed by atoms with Crippen LogP contribution in [-0.4, -0.2) is 51.9 Å². The molecule has 0 radical (unpaired) electrons. The minimum absolute atomic E-state index is 0.0273. The summed E-state index contributed by atoms with van der Waals surface area (Å²) in [6, 6.07) is 11.7. The van der Waals surface area contributed by atoms with Gasteiger partial charge in [-0.15, -0.1) is 11.3 Å². The van der Waals surface area contributed by atoms with E-state index in [2.05, 4.69) is 0 Å². The predicted molar refractivity (Wildman–Crippen MR) is 155 cm³/mol. The molecule has 1 aromatic carbocycles. The number of ether oxygens (including phenoxy) is 2. The standard InChI is InChI=1S/C33H36FNO6S/c1-30-12-11-21(37)14-19(30)5-9-23-24-15-28-33(27(39)17-36,31(24,2)16-26(38)32(23,30)34)41-29(40-28)25-10-8-22(42-25)13-18-3-6-20(35)7-4-18/h3-4,6-8,10-12,14,23-24,26,28-29,36,38H,5,9,13,15-17,35H2,1-2H3/t23-,24-,26-,28+,29+,30-,31-,32-,33+/m0/s1. The van der Waals surface area contributed by atoms with Gasteiger partial charge in [-0.2, -0.15) is 0 Å². The normalized spacial score (nSPS) is 42.0. The summed E-state index contributed by atoms with van der Waals surface area (Å²) in [4.78, 5) is 27.7. The lowest BCUT2D eigenvalue weighted by molar-refractivity contribution is -0.231. The fourth-order valence-electron chi connectivity index (χ4n) is 9.15. The van der Waals surface area contributed by atoms with Crippen LogP contribution in [0.1, 0.15) is 61.1 Å². The van der Waals surface area contributed by atoms with E-state index in [1.54, 1.807) is 13.0 Å². The molecular formula is C33H36FNO6S. The van der Waals surface area contributed by atoms with Crippen molar-refractivity contribution in [3.8, 4) is 0 Å². The molecule has 1 saturated heterocycles. The van der Waals surface area contributed by atoms with Crippen molar-refractivity contribution < 1.29 is 33.7 Å². The number of hydrogen-bond acceptors (Lipinski definition) is 8. The zero-order valence-electron chi connectivity index (χ0n) is 23.7. The van der Waals surface area contributed by atoms with Crippen LogP contribution in [-0.2, 0) is 25.5 Å². The number of aliphatic hydroxyl groups is 2. The summed E-state index contributed by atoms with van der Waals surface area (Å²) >= 11 is 1.54. The minimum Gasteiger partial charge on any atom is -0.399 e. The lowest BCUT2D eigenvalue weighted by atomic mass is 9.44. The number of carbonyl (C=O) groups excluding carboxylic acids is 2. The third-order valence-electron chi connectivity index (χ3n) is 11.2. The molecule has 0 spiro atoms. The summed E-state index contributed by atoms with van der Waals surface area (Å²) in [5.41, 5.74) is 2.71. The second kappa shape index (κ2) is 9.40. The maximum Gasteiger partial charge on any atom is 0.194 e. The molecule has 4 fully saturated rings. The van der Waals surface area contributed by atoms with Gasteiger partial charge in [0.05, 0.1) is 17.1 Å². The maximum atomic E-state index is 17.5. The second-order valence-electron chi connectivity index (χ2n) is 13.1. The van der Waals surface area contributed by atoms with Crippen molar-refractivity contribution in [3.63, 3.8) is 0 Å². The first kappa shape index (κ1) is 28.1. The molecule has 9 atom stereocenters. The quantitative estimate of drug-likeness (QED) is 0.433. The number of alkyl halides is 1. The molecule has 0 bridgehead atoms. The Bertz CT molecular complexity index is 1520. The summed E-state index contributed by atoms with van der Waals surface area (Å²) in [5.74, 6) is -1.58. The van der Waals surface area contributed by atoms with E-state index in [-0.39, 0.29) is 18.1 Å². The number of hydrogen-bond donors (Lipinski definition) is 3. The Balaban J connectivity index is 1.21. The molecule has 1 aliphatic heterocycles. The molecule has 5 aliphatic rings. The molecule has 4 N–H and O–H groups in total. The molecule has 2 aromatic rings. The lowest BCUT2D eigenvalue weighted by Crippen LogP contribution is -2.69. The summed E-state index contributed by atoms with van der Waals surface area (Å²) in [6.45, 7) is 2.93. The van der Waals surface area contributed by atoms with Gasteiger partial charge < -0.3 is 25.4 Å². The van der Waals surface area contributed by atoms with Crippen LogP contribution >= 0.6 is 11.3 Å². The van der Waals surface area contributed by atoms with E-state index in [0.29, 0.717) is 36.9 Å². The maximum absolute atomic E-state index is 17.5. The van der Waals surface area contributed by atoms with Crippen LogP contribution in [0.25, 0.3) is 0 Å². The van der Waals surface area contributed by atoms with Crippen LogP contribution in [0.5, 0.6) is 0 Å². The topological polar surface area (TPSA) is 119 Å². The molecule has 4 aliphatic carbocycles. The number of benzene rings is 1. The van der Waals surface area contributed by atoms with Crippen LogP contribution < -0.4 is 5.73 Å². The highest BCUT2D eigenvalue weighted by Crippen LogP contribution is 2.72. The summed E-state index contributed by atoms with van der Waals surface area (Å²) in [7, 11) is 0. The summed E-state index contributed by atoms with van der Waals surface area (Å²) in [6.07, 6.45) is 3.65. The highest BCUT2D eigenvalue weighted by Gasteiger charge is 2.79.